The van der Waals surface area contributed by atoms with Gasteiger partial charge in [0.15, 0.2) is 0 Å². The summed E-state index contributed by atoms with van der Waals surface area (Å²) in [6, 6.07) is 7.67. The first-order valence-corrected chi connectivity index (χ1v) is 6.88. The monoisotopic (exact) mass is 260 g/mol. The molecule has 1 aromatic carbocycles. The van der Waals surface area contributed by atoms with E-state index in [4.69, 9.17) is 0 Å². The Hall–Kier alpha value is -1.39. The largest absolute Gasteiger partial charge is 0.390 e. The Morgan fingerprint density at radius 2 is 2.26 bits per heavy atom. The van der Waals surface area contributed by atoms with Crippen molar-refractivity contribution in [2.45, 2.75) is 31.9 Å². The van der Waals surface area contributed by atoms with Gasteiger partial charge in [0, 0.05) is 13.0 Å². The molecule has 1 aromatic rings. The molecule has 3 N–H and O–H groups in total. The Morgan fingerprint density at radius 3 is 3.00 bits per heavy atom. The maximum atomic E-state index is 12.4. The van der Waals surface area contributed by atoms with Crippen LogP contribution in [0.2, 0.25) is 0 Å². The fraction of sp³-hybridized carbons (Fsp3) is 0.533. The maximum absolute atomic E-state index is 12.4. The fourth-order valence-electron chi connectivity index (χ4n) is 3.07. The van der Waals surface area contributed by atoms with E-state index >= 15 is 0 Å². The van der Waals surface area contributed by atoms with Crippen molar-refractivity contribution in [1.29, 1.82) is 0 Å². The second-order valence-electron chi connectivity index (χ2n) is 5.91. The van der Waals surface area contributed by atoms with Gasteiger partial charge in [-0.2, -0.15) is 0 Å². The van der Waals surface area contributed by atoms with Gasteiger partial charge in [-0.25, -0.2) is 0 Å². The van der Waals surface area contributed by atoms with Crippen molar-refractivity contribution < 1.29 is 9.90 Å². The summed E-state index contributed by atoms with van der Waals surface area (Å²) < 4.78 is 0. The lowest BCUT2D eigenvalue weighted by Gasteiger charge is -2.26. The van der Waals surface area contributed by atoms with Gasteiger partial charge in [-0.1, -0.05) is 24.3 Å². The molecule has 1 aliphatic carbocycles. The minimum atomic E-state index is -0.515. The van der Waals surface area contributed by atoms with Crippen LogP contribution in [-0.2, 0) is 11.2 Å². The second kappa shape index (κ2) is 4.62. The number of amides is 1. The van der Waals surface area contributed by atoms with Crippen LogP contribution in [-0.4, -0.2) is 30.2 Å². The highest BCUT2D eigenvalue weighted by Crippen LogP contribution is 2.33. The van der Waals surface area contributed by atoms with E-state index in [1.807, 2.05) is 31.2 Å². The molecule has 1 amide bonds. The summed E-state index contributed by atoms with van der Waals surface area (Å²) in [4.78, 5) is 12.4. The number of aliphatic hydroxyl groups is 1. The van der Waals surface area contributed by atoms with E-state index in [1.165, 1.54) is 0 Å². The van der Waals surface area contributed by atoms with Crippen LogP contribution < -0.4 is 10.6 Å². The van der Waals surface area contributed by atoms with Gasteiger partial charge in [-0.3, -0.25) is 4.79 Å². The molecule has 4 nitrogen and oxygen atoms in total. The smallest absolute Gasteiger partial charge is 0.227 e. The van der Waals surface area contributed by atoms with Crippen molar-refractivity contribution in [3.8, 4) is 0 Å². The van der Waals surface area contributed by atoms with Gasteiger partial charge >= 0.3 is 0 Å². The number of carbonyl (C=O) groups excluding carboxylic acids is 1. The van der Waals surface area contributed by atoms with Gasteiger partial charge in [0.1, 0.15) is 0 Å². The highest BCUT2D eigenvalue weighted by Gasteiger charge is 2.40. The zero-order valence-corrected chi connectivity index (χ0v) is 11.1. The third-order valence-electron chi connectivity index (χ3n) is 4.41. The lowest BCUT2D eigenvalue weighted by Crippen LogP contribution is -2.44. The lowest BCUT2D eigenvalue weighted by atomic mass is 9.88. The number of hydrogen-bond donors (Lipinski definition) is 3. The molecule has 0 bridgehead atoms. The predicted octanol–water partition coefficient (Wildman–Crippen LogP) is 0.760. The summed E-state index contributed by atoms with van der Waals surface area (Å²) in [6.45, 7) is 3.58. The summed E-state index contributed by atoms with van der Waals surface area (Å²) in [6.07, 6.45) is 0.957. The molecule has 102 valence electrons. The van der Waals surface area contributed by atoms with Crippen LogP contribution in [0, 0.1) is 5.41 Å². The van der Waals surface area contributed by atoms with E-state index in [0.29, 0.717) is 13.0 Å². The third-order valence-corrected chi connectivity index (χ3v) is 4.41. The number of carbonyl (C=O) groups is 1. The van der Waals surface area contributed by atoms with Gasteiger partial charge < -0.3 is 15.7 Å². The summed E-state index contributed by atoms with van der Waals surface area (Å²) in [5, 5.41) is 16.4. The quantitative estimate of drug-likeness (QED) is 0.736. The molecule has 1 heterocycles. The van der Waals surface area contributed by atoms with E-state index in [0.717, 1.165) is 24.1 Å². The van der Waals surface area contributed by atoms with E-state index in [-0.39, 0.29) is 17.4 Å². The first kappa shape index (κ1) is 12.6. The summed E-state index contributed by atoms with van der Waals surface area (Å²) >= 11 is 0. The van der Waals surface area contributed by atoms with Gasteiger partial charge in [0.25, 0.3) is 0 Å². The number of benzene rings is 1. The molecule has 3 rings (SSSR count). The van der Waals surface area contributed by atoms with Gasteiger partial charge in [0.05, 0.1) is 17.6 Å². The number of fused-ring (bicyclic) bond motifs is 1. The zero-order chi connectivity index (χ0) is 13.5. The Balaban J connectivity index is 1.78. The average molecular weight is 260 g/mol. The lowest BCUT2D eigenvalue weighted by molar-refractivity contribution is -0.130. The van der Waals surface area contributed by atoms with Crippen LogP contribution in [0.25, 0.3) is 0 Å². The minimum absolute atomic E-state index is 0.0400. The molecule has 4 heteroatoms. The molecule has 0 spiro atoms. The zero-order valence-electron chi connectivity index (χ0n) is 11.1. The number of aliphatic hydroxyl groups excluding tert-OH is 1. The Labute approximate surface area is 113 Å². The van der Waals surface area contributed by atoms with Gasteiger partial charge in [0.2, 0.25) is 5.91 Å². The highest BCUT2D eigenvalue weighted by atomic mass is 16.3. The van der Waals surface area contributed by atoms with E-state index in [2.05, 4.69) is 10.6 Å². The summed E-state index contributed by atoms with van der Waals surface area (Å²) in [5.74, 6) is 0.0400. The minimum Gasteiger partial charge on any atom is -0.390 e. The van der Waals surface area contributed by atoms with Crippen molar-refractivity contribution in [2.75, 3.05) is 13.1 Å². The Bertz CT molecular complexity index is 495. The first-order valence-electron chi connectivity index (χ1n) is 6.88. The standard InChI is InChI=1S/C15H20N2O2/c1-15(6-7-16-9-15)14(19)17-13-11-5-3-2-4-10(11)8-12(13)18/h2-5,12-13,16,18H,6-9H2,1H3,(H,17,19)/t12-,13+,15?/m1/s1. The van der Waals surface area contributed by atoms with E-state index < -0.39 is 6.10 Å². The van der Waals surface area contributed by atoms with Gasteiger partial charge in [-0.15, -0.1) is 0 Å². The molecule has 3 atom stereocenters. The Kier molecular flexibility index (Phi) is 3.07. The summed E-state index contributed by atoms with van der Waals surface area (Å²) in [7, 11) is 0. The second-order valence-corrected chi connectivity index (χ2v) is 5.91. The molecular formula is C15H20N2O2. The SMILES string of the molecule is CC1(C(=O)N[C@H]2c3ccccc3C[C@H]2O)CCNC1. The van der Waals surface area contributed by atoms with E-state index in [1.54, 1.807) is 0 Å². The van der Waals surface area contributed by atoms with Crippen molar-refractivity contribution in [3.63, 3.8) is 0 Å². The topological polar surface area (TPSA) is 61.4 Å². The number of rotatable bonds is 2. The normalized spacial score (nSPS) is 33.2. The Morgan fingerprint density at radius 1 is 1.47 bits per heavy atom. The molecule has 1 saturated heterocycles. The first-order chi connectivity index (χ1) is 9.10. The van der Waals surface area contributed by atoms with E-state index in [9.17, 15) is 9.90 Å². The average Bonchev–Trinajstić information content (AvgIpc) is 2.96. The number of nitrogens with one attached hydrogen (secondary N) is 2. The maximum Gasteiger partial charge on any atom is 0.227 e. The van der Waals surface area contributed by atoms with Crippen LogP contribution in [0.1, 0.15) is 30.5 Å². The molecule has 1 fully saturated rings. The van der Waals surface area contributed by atoms with Crippen molar-refractivity contribution >= 4 is 5.91 Å². The van der Waals surface area contributed by atoms with Crippen molar-refractivity contribution in [1.82, 2.24) is 10.6 Å². The van der Waals surface area contributed by atoms with Crippen LogP contribution >= 0.6 is 0 Å². The van der Waals surface area contributed by atoms with Crippen LogP contribution in [0.3, 0.4) is 0 Å². The molecular weight excluding hydrogens is 240 g/mol. The van der Waals surface area contributed by atoms with Crippen LogP contribution in [0.15, 0.2) is 24.3 Å². The van der Waals surface area contributed by atoms with Crippen LogP contribution in [0.5, 0.6) is 0 Å². The summed E-state index contributed by atoms with van der Waals surface area (Å²) in [5.41, 5.74) is 1.84. The predicted molar refractivity (Wildman–Crippen MR) is 72.6 cm³/mol. The molecule has 0 radical (unpaired) electrons. The molecule has 0 aromatic heterocycles. The van der Waals surface area contributed by atoms with Crippen molar-refractivity contribution in [2.24, 2.45) is 5.41 Å². The number of hydrogen-bond acceptors (Lipinski definition) is 3. The van der Waals surface area contributed by atoms with Gasteiger partial charge in [-0.05, 0) is 31.0 Å². The fourth-order valence-corrected chi connectivity index (χ4v) is 3.07. The molecule has 1 aliphatic heterocycles. The van der Waals surface area contributed by atoms with Crippen molar-refractivity contribution in [3.05, 3.63) is 35.4 Å². The molecule has 19 heavy (non-hydrogen) atoms. The third kappa shape index (κ3) is 2.15. The molecule has 2 aliphatic rings. The highest BCUT2D eigenvalue weighted by molar-refractivity contribution is 5.83. The molecule has 0 saturated carbocycles. The van der Waals surface area contributed by atoms with Crippen LogP contribution in [0.4, 0.5) is 0 Å². The molecule has 1 unspecified atom stereocenters.